The number of carbonyl (C=O) groups is 1. The largest absolute Gasteiger partial charge is 0.469 e. The van der Waals surface area contributed by atoms with Crippen LogP contribution in [-0.4, -0.2) is 13.1 Å². The van der Waals surface area contributed by atoms with Crippen LogP contribution in [0.5, 0.6) is 0 Å². The second-order valence-corrected chi connectivity index (χ2v) is 5.23. The predicted octanol–water partition coefficient (Wildman–Crippen LogP) is 6.08. The van der Waals surface area contributed by atoms with E-state index in [1.165, 1.54) is 13.5 Å². The Balaban J connectivity index is 3.48. The van der Waals surface area contributed by atoms with Crippen LogP contribution in [0.2, 0.25) is 0 Å². The summed E-state index contributed by atoms with van der Waals surface area (Å²) in [6.07, 6.45) is 29.2. The van der Waals surface area contributed by atoms with Gasteiger partial charge in [0.05, 0.1) is 7.11 Å². The first kappa shape index (κ1) is 21.2. The SMILES string of the molecule is CCC=CCC=CCCCC=CC=CC=CCCCC(=O)OC. The Labute approximate surface area is 142 Å². The topological polar surface area (TPSA) is 26.3 Å². The quantitative estimate of drug-likeness (QED) is 0.178. The summed E-state index contributed by atoms with van der Waals surface area (Å²) in [7, 11) is 1.43. The molecular formula is C21H32O2. The summed E-state index contributed by atoms with van der Waals surface area (Å²) in [4.78, 5) is 10.9. The van der Waals surface area contributed by atoms with Crippen LogP contribution in [0.15, 0.2) is 60.8 Å². The third-order valence-corrected chi connectivity index (χ3v) is 3.17. The lowest BCUT2D eigenvalue weighted by Crippen LogP contribution is -1.98. The molecule has 0 aliphatic carbocycles. The number of esters is 1. The molecule has 0 rings (SSSR count). The van der Waals surface area contributed by atoms with E-state index in [2.05, 4.69) is 54.2 Å². The predicted molar refractivity (Wildman–Crippen MR) is 100 cm³/mol. The van der Waals surface area contributed by atoms with Gasteiger partial charge >= 0.3 is 5.97 Å². The Morgan fingerprint density at radius 1 is 0.783 bits per heavy atom. The van der Waals surface area contributed by atoms with Crippen molar-refractivity contribution in [1.82, 2.24) is 0 Å². The Kier molecular flexibility index (Phi) is 16.8. The van der Waals surface area contributed by atoms with Crippen LogP contribution in [0.1, 0.15) is 58.3 Å². The van der Waals surface area contributed by atoms with E-state index in [0.717, 1.165) is 38.5 Å². The van der Waals surface area contributed by atoms with Crippen molar-refractivity contribution in [3.8, 4) is 0 Å². The van der Waals surface area contributed by atoms with Gasteiger partial charge in [0.2, 0.25) is 0 Å². The zero-order valence-corrected chi connectivity index (χ0v) is 14.7. The highest BCUT2D eigenvalue weighted by Crippen LogP contribution is 2.00. The minimum Gasteiger partial charge on any atom is -0.469 e. The maximum atomic E-state index is 10.9. The summed E-state index contributed by atoms with van der Waals surface area (Å²) in [6.45, 7) is 2.15. The minimum atomic E-state index is -0.135. The van der Waals surface area contributed by atoms with E-state index >= 15 is 0 Å². The van der Waals surface area contributed by atoms with Gasteiger partial charge < -0.3 is 4.74 Å². The number of methoxy groups -OCH3 is 1. The van der Waals surface area contributed by atoms with Gasteiger partial charge in [-0.05, 0) is 44.9 Å². The fourth-order valence-electron chi connectivity index (χ4n) is 1.85. The first-order chi connectivity index (χ1) is 11.3. The summed E-state index contributed by atoms with van der Waals surface area (Å²) in [5.74, 6) is -0.135. The van der Waals surface area contributed by atoms with Crippen LogP contribution >= 0.6 is 0 Å². The molecule has 0 aromatic carbocycles. The first-order valence-corrected chi connectivity index (χ1v) is 8.66. The molecule has 0 saturated carbocycles. The van der Waals surface area contributed by atoms with Crippen molar-refractivity contribution < 1.29 is 9.53 Å². The van der Waals surface area contributed by atoms with Crippen LogP contribution in [0.25, 0.3) is 0 Å². The highest BCUT2D eigenvalue weighted by Gasteiger charge is 1.96. The molecule has 0 aromatic rings. The Hall–Kier alpha value is -1.83. The molecule has 0 N–H and O–H groups in total. The maximum Gasteiger partial charge on any atom is 0.305 e. The summed E-state index contributed by atoms with van der Waals surface area (Å²) in [5.41, 5.74) is 0. The number of unbranched alkanes of at least 4 members (excludes halogenated alkanes) is 3. The smallest absolute Gasteiger partial charge is 0.305 e. The van der Waals surface area contributed by atoms with Crippen LogP contribution in [0.4, 0.5) is 0 Å². The maximum absolute atomic E-state index is 10.9. The fourth-order valence-corrected chi connectivity index (χ4v) is 1.85. The minimum absolute atomic E-state index is 0.135. The highest BCUT2D eigenvalue weighted by atomic mass is 16.5. The lowest BCUT2D eigenvalue weighted by molar-refractivity contribution is -0.140. The van der Waals surface area contributed by atoms with E-state index in [-0.39, 0.29) is 5.97 Å². The normalized spacial score (nSPS) is 12.6. The van der Waals surface area contributed by atoms with Crippen molar-refractivity contribution in [3.05, 3.63) is 60.8 Å². The van der Waals surface area contributed by atoms with Gasteiger partial charge in [-0.2, -0.15) is 0 Å². The number of hydrogen-bond donors (Lipinski definition) is 0. The van der Waals surface area contributed by atoms with Gasteiger partial charge in [0, 0.05) is 6.42 Å². The van der Waals surface area contributed by atoms with Gasteiger partial charge in [-0.1, -0.05) is 67.7 Å². The van der Waals surface area contributed by atoms with Gasteiger partial charge in [0.25, 0.3) is 0 Å². The molecule has 0 radical (unpaired) electrons. The van der Waals surface area contributed by atoms with Crippen molar-refractivity contribution in [1.29, 1.82) is 0 Å². The fraction of sp³-hybridized carbons (Fsp3) is 0.476. The monoisotopic (exact) mass is 316 g/mol. The molecule has 2 heteroatoms. The van der Waals surface area contributed by atoms with E-state index in [1.54, 1.807) is 0 Å². The summed E-state index contributed by atoms with van der Waals surface area (Å²) >= 11 is 0. The Morgan fingerprint density at radius 2 is 1.39 bits per heavy atom. The molecule has 0 atom stereocenters. The molecule has 0 aliphatic rings. The molecule has 0 bridgehead atoms. The highest BCUT2D eigenvalue weighted by molar-refractivity contribution is 5.69. The van der Waals surface area contributed by atoms with E-state index < -0.39 is 0 Å². The van der Waals surface area contributed by atoms with E-state index in [9.17, 15) is 4.79 Å². The number of carbonyl (C=O) groups excluding carboxylic acids is 1. The zero-order chi connectivity index (χ0) is 17.0. The summed E-state index contributed by atoms with van der Waals surface area (Å²) < 4.78 is 4.59. The standard InChI is InChI=1S/C21H32O2/c1-3-4-5-6-7-8-9-10-11-12-13-14-15-16-17-18-19-20-21(22)23-2/h4-5,7-8,12-17H,3,6,9-11,18-20H2,1-2H3. The molecule has 0 saturated heterocycles. The van der Waals surface area contributed by atoms with Crippen molar-refractivity contribution in [3.63, 3.8) is 0 Å². The van der Waals surface area contributed by atoms with Gasteiger partial charge in [0.1, 0.15) is 0 Å². The second-order valence-electron chi connectivity index (χ2n) is 5.23. The molecule has 0 heterocycles. The van der Waals surface area contributed by atoms with Gasteiger partial charge in [-0.25, -0.2) is 0 Å². The molecule has 0 amide bonds. The summed E-state index contributed by atoms with van der Waals surface area (Å²) in [5, 5.41) is 0. The first-order valence-electron chi connectivity index (χ1n) is 8.66. The average molecular weight is 316 g/mol. The van der Waals surface area contributed by atoms with E-state index in [0.29, 0.717) is 6.42 Å². The van der Waals surface area contributed by atoms with Gasteiger partial charge in [-0.15, -0.1) is 0 Å². The second kappa shape index (κ2) is 18.2. The lowest BCUT2D eigenvalue weighted by atomic mass is 10.2. The third kappa shape index (κ3) is 18.1. The number of ether oxygens (including phenoxy) is 1. The van der Waals surface area contributed by atoms with Crippen molar-refractivity contribution in [2.24, 2.45) is 0 Å². The molecule has 0 aliphatic heterocycles. The third-order valence-electron chi connectivity index (χ3n) is 3.17. The molecule has 0 fully saturated rings. The van der Waals surface area contributed by atoms with Crippen molar-refractivity contribution in [2.45, 2.75) is 58.3 Å². The molecule has 0 aromatic heterocycles. The van der Waals surface area contributed by atoms with Crippen LogP contribution < -0.4 is 0 Å². The average Bonchev–Trinajstić information content (AvgIpc) is 2.57. The van der Waals surface area contributed by atoms with Crippen LogP contribution in [0.3, 0.4) is 0 Å². The Bertz CT molecular complexity index is 412. The van der Waals surface area contributed by atoms with E-state index in [1.807, 2.05) is 18.2 Å². The van der Waals surface area contributed by atoms with Crippen LogP contribution in [0, 0.1) is 0 Å². The van der Waals surface area contributed by atoms with Crippen molar-refractivity contribution in [2.75, 3.05) is 7.11 Å². The molecule has 0 unspecified atom stereocenters. The molecule has 0 spiro atoms. The molecule has 2 nitrogen and oxygen atoms in total. The van der Waals surface area contributed by atoms with Crippen LogP contribution in [-0.2, 0) is 9.53 Å². The lowest BCUT2D eigenvalue weighted by Gasteiger charge is -1.94. The zero-order valence-electron chi connectivity index (χ0n) is 14.7. The number of hydrogen-bond acceptors (Lipinski definition) is 2. The van der Waals surface area contributed by atoms with Gasteiger partial charge in [-0.3, -0.25) is 4.79 Å². The number of rotatable bonds is 13. The Morgan fingerprint density at radius 3 is 2.04 bits per heavy atom. The molecule has 128 valence electrons. The number of allylic oxidation sites excluding steroid dienone is 10. The van der Waals surface area contributed by atoms with Crippen molar-refractivity contribution >= 4 is 5.97 Å². The van der Waals surface area contributed by atoms with E-state index in [4.69, 9.17) is 0 Å². The summed E-state index contributed by atoms with van der Waals surface area (Å²) in [6, 6.07) is 0. The molecule has 23 heavy (non-hydrogen) atoms. The van der Waals surface area contributed by atoms with Gasteiger partial charge in [0.15, 0.2) is 0 Å². The molecular weight excluding hydrogens is 284 g/mol.